The van der Waals surface area contributed by atoms with Crippen molar-refractivity contribution in [1.82, 2.24) is 0 Å². The van der Waals surface area contributed by atoms with Gasteiger partial charge in [0.05, 0.1) is 18.1 Å². The SMILES string of the molecule is O=C([O-])CC(=O)Nc1cc(Cl)ccc1O. The highest BCUT2D eigenvalue weighted by Gasteiger charge is 2.06. The van der Waals surface area contributed by atoms with Gasteiger partial charge in [0.1, 0.15) is 5.75 Å². The number of benzene rings is 1. The lowest BCUT2D eigenvalue weighted by molar-refractivity contribution is -0.304. The highest BCUT2D eigenvalue weighted by atomic mass is 35.5. The molecule has 0 aliphatic heterocycles. The van der Waals surface area contributed by atoms with Gasteiger partial charge in [-0.3, -0.25) is 4.79 Å². The molecule has 80 valence electrons. The van der Waals surface area contributed by atoms with Gasteiger partial charge in [-0.25, -0.2) is 0 Å². The van der Waals surface area contributed by atoms with Crippen LogP contribution in [0.15, 0.2) is 18.2 Å². The van der Waals surface area contributed by atoms with Crippen molar-refractivity contribution in [1.29, 1.82) is 0 Å². The quantitative estimate of drug-likeness (QED) is 0.568. The van der Waals surface area contributed by atoms with Crippen molar-refractivity contribution in [2.75, 3.05) is 5.32 Å². The zero-order chi connectivity index (χ0) is 11.4. The lowest BCUT2D eigenvalue weighted by Crippen LogP contribution is -2.28. The smallest absolute Gasteiger partial charge is 0.230 e. The molecule has 0 aromatic heterocycles. The molecule has 1 rings (SSSR count). The first kappa shape index (κ1) is 11.3. The van der Waals surface area contributed by atoms with Crippen molar-refractivity contribution in [3.63, 3.8) is 0 Å². The van der Waals surface area contributed by atoms with Crippen LogP contribution < -0.4 is 10.4 Å². The minimum absolute atomic E-state index is 0.0637. The standard InChI is InChI=1S/C9H8ClNO4/c10-5-1-2-7(12)6(3-5)11-8(13)4-9(14)15/h1-3,12H,4H2,(H,11,13)(H,14,15)/p-1. The van der Waals surface area contributed by atoms with Gasteiger partial charge in [-0.05, 0) is 18.2 Å². The number of halogens is 1. The third-order valence-electron chi connectivity index (χ3n) is 1.54. The first-order valence-corrected chi connectivity index (χ1v) is 4.35. The number of amides is 1. The first-order valence-electron chi connectivity index (χ1n) is 3.97. The van der Waals surface area contributed by atoms with Crippen molar-refractivity contribution in [3.8, 4) is 5.75 Å². The largest absolute Gasteiger partial charge is 0.550 e. The van der Waals surface area contributed by atoms with E-state index in [9.17, 15) is 19.8 Å². The normalized spacial score (nSPS) is 9.67. The van der Waals surface area contributed by atoms with Crippen molar-refractivity contribution < 1.29 is 19.8 Å². The van der Waals surface area contributed by atoms with Gasteiger partial charge in [0.2, 0.25) is 5.91 Å². The summed E-state index contributed by atoms with van der Waals surface area (Å²) in [4.78, 5) is 21.1. The topological polar surface area (TPSA) is 89.5 Å². The minimum Gasteiger partial charge on any atom is -0.550 e. The van der Waals surface area contributed by atoms with Crippen molar-refractivity contribution in [2.45, 2.75) is 6.42 Å². The molecule has 5 nitrogen and oxygen atoms in total. The second-order valence-electron chi connectivity index (χ2n) is 2.76. The zero-order valence-corrected chi connectivity index (χ0v) is 8.25. The predicted molar refractivity (Wildman–Crippen MR) is 51.4 cm³/mol. The Morgan fingerprint density at radius 3 is 2.73 bits per heavy atom. The molecule has 0 fully saturated rings. The molecule has 1 aromatic rings. The molecule has 0 unspecified atom stereocenters. The van der Waals surface area contributed by atoms with Crippen LogP contribution in [-0.2, 0) is 9.59 Å². The molecule has 15 heavy (non-hydrogen) atoms. The number of carboxylic acids is 1. The summed E-state index contributed by atoms with van der Waals surface area (Å²) < 4.78 is 0. The van der Waals surface area contributed by atoms with Gasteiger partial charge in [-0.15, -0.1) is 0 Å². The monoisotopic (exact) mass is 228 g/mol. The number of aliphatic carboxylic acids is 1. The van der Waals surface area contributed by atoms with Crippen LogP contribution in [0, 0.1) is 0 Å². The van der Waals surface area contributed by atoms with E-state index in [1.165, 1.54) is 18.2 Å². The second-order valence-corrected chi connectivity index (χ2v) is 3.19. The van der Waals surface area contributed by atoms with E-state index >= 15 is 0 Å². The number of anilines is 1. The van der Waals surface area contributed by atoms with Gasteiger partial charge in [0, 0.05) is 5.02 Å². The average Bonchev–Trinajstić information content (AvgIpc) is 2.10. The summed E-state index contributed by atoms with van der Waals surface area (Å²) in [5.74, 6) is -2.47. The number of aromatic hydroxyl groups is 1. The van der Waals surface area contributed by atoms with Gasteiger partial charge in [-0.2, -0.15) is 0 Å². The number of phenols is 1. The number of nitrogens with one attached hydrogen (secondary N) is 1. The number of phenolic OH excluding ortho intramolecular Hbond substituents is 1. The maximum atomic E-state index is 11.0. The molecule has 1 aromatic carbocycles. The van der Waals surface area contributed by atoms with E-state index in [4.69, 9.17) is 11.6 Å². The van der Waals surface area contributed by atoms with E-state index in [1.807, 2.05) is 0 Å². The van der Waals surface area contributed by atoms with Crippen molar-refractivity contribution >= 4 is 29.2 Å². The number of hydrogen-bond acceptors (Lipinski definition) is 4. The fraction of sp³-hybridized carbons (Fsp3) is 0.111. The molecular formula is C9H7ClNO4-. The molecule has 0 aliphatic carbocycles. The molecule has 0 radical (unpaired) electrons. The summed E-state index contributed by atoms with van der Waals surface area (Å²) >= 11 is 5.61. The van der Waals surface area contributed by atoms with Crippen LogP contribution in [-0.4, -0.2) is 17.0 Å². The van der Waals surface area contributed by atoms with Crippen LogP contribution in [0.4, 0.5) is 5.69 Å². The lowest BCUT2D eigenvalue weighted by atomic mass is 10.3. The van der Waals surface area contributed by atoms with E-state index < -0.39 is 18.3 Å². The average molecular weight is 229 g/mol. The molecule has 0 saturated heterocycles. The fourth-order valence-corrected chi connectivity index (χ4v) is 1.11. The highest BCUT2D eigenvalue weighted by Crippen LogP contribution is 2.26. The Balaban J connectivity index is 2.76. The number of carbonyl (C=O) groups is 2. The van der Waals surface area contributed by atoms with Crippen molar-refractivity contribution in [3.05, 3.63) is 23.2 Å². The summed E-state index contributed by atoms with van der Waals surface area (Å²) in [6.45, 7) is 0. The third kappa shape index (κ3) is 3.47. The molecular weight excluding hydrogens is 222 g/mol. The highest BCUT2D eigenvalue weighted by molar-refractivity contribution is 6.31. The molecule has 6 heteroatoms. The number of carboxylic acid groups (broad SMARTS) is 1. The molecule has 2 N–H and O–H groups in total. The maximum Gasteiger partial charge on any atom is 0.230 e. The fourth-order valence-electron chi connectivity index (χ4n) is 0.934. The third-order valence-corrected chi connectivity index (χ3v) is 1.77. The summed E-state index contributed by atoms with van der Waals surface area (Å²) in [5, 5.41) is 21.9. The Kier molecular flexibility index (Phi) is 3.51. The van der Waals surface area contributed by atoms with Crippen LogP contribution in [0.5, 0.6) is 5.75 Å². The van der Waals surface area contributed by atoms with Crippen LogP contribution in [0.3, 0.4) is 0 Å². The van der Waals surface area contributed by atoms with Crippen LogP contribution >= 0.6 is 11.6 Å². The van der Waals surface area contributed by atoms with Gasteiger partial charge in [0.15, 0.2) is 0 Å². The Morgan fingerprint density at radius 1 is 1.47 bits per heavy atom. The molecule has 0 spiro atoms. The Labute approximate surface area is 90.3 Å². The minimum atomic E-state index is -1.49. The molecule has 0 saturated carbocycles. The van der Waals surface area contributed by atoms with Gasteiger partial charge in [0.25, 0.3) is 0 Å². The summed E-state index contributed by atoms with van der Waals surface area (Å²) in [5.41, 5.74) is 0.0637. The zero-order valence-electron chi connectivity index (χ0n) is 7.49. The van der Waals surface area contributed by atoms with Crippen molar-refractivity contribution in [2.24, 2.45) is 0 Å². The van der Waals surface area contributed by atoms with Crippen LogP contribution in [0.25, 0.3) is 0 Å². The molecule has 0 bridgehead atoms. The van der Waals surface area contributed by atoms with E-state index in [1.54, 1.807) is 0 Å². The maximum absolute atomic E-state index is 11.0. The van der Waals surface area contributed by atoms with Crippen LogP contribution in [0.1, 0.15) is 6.42 Å². The van der Waals surface area contributed by atoms with E-state index in [2.05, 4.69) is 5.32 Å². The molecule has 0 aliphatic rings. The Morgan fingerprint density at radius 2 is 2.13 bits per heavy atom. The summed E-state index contributed by atoms with van der Waals surface area (Å²) in [6, 6.07) is 4.03. The first-order chi connectivity index (χ1) is 6.99. The molecule has 1 amide bonds. The van der Waals surface area contributed by atoms with E-state index in [0.29, 0.717) is 5.02 Å². The van der Waals surface area contributed by atoms with E-state index in [-0.39, 0.29) is 11.4 Å². The van der Waals surface area contributed by atoms with Gasteiger partial charge >= 0.3 is 0 Å². The van der Waals surface area contributed by atoms with E-state index in [0.717, 1.165) is 0 Å². The molecule has 0 heterocycles. The predicted octanol–water partition coefficient (Wildman–Crippen LogP) is 0.124. The number of hydrogen-bond donors (Lipinski definition) is 2. The Bertz CT molecular complexity index is 405. The Hall–Kier alpha value is -1.75. The second kappa shape index (κ2) is 4.65. The lowest BCUT2D eigenvalue weighted by Gasteiger charge is -2.07. The summed E-state index contributed by atoms with van der Waals surface area (Å²) in [6.07, 6.45) is -0.772. The van der Waals surface area contributed by atoms with Gasteiger partial charge in [-0.1, -0.05) is 11.6 Å². The number of rotatable bonds is 3. The number of carbonyl (C=O) groups excluding carboxylic acids is 2. The van der Waals surface area contributed by atoms with Crippen LogP contribution in [0.2, 0.25) is 5.02 Å². The van der Waals surface area contributed by atoms with Gasteiger partial charge < -0.3 is 20.3 Å². The molecule has 0 atom stereocenters. The summed E-state index contributed by atoms with van der Waals surface area (Å²) in [7, 11) is 0.